The smallest absolute Gasteiger partial charge is 0.320 e. The molecule has 3 nitrogen and oxygen atoms in total. The van der Waals surface area contributed by atoms with Crippen molar-refractivity contribution in [3.8, 4) is 0 Å². The Kier molecular flexibility index (Phi) is 4.58. The number of esters is 1. The Hall–Kier alpha value is -0.570. The van der Waals surface area contributed by atoms with Gasteiger partial charge in [-0.2, -0.15) is 0 Å². The molecule has 0 radical (unpaired) electrons. The third-order valence-corrected chi connectivity index (χ3v) is 3.00. The normalized spacial score (nSPS) is 19.5. The third-order valence-electron chi connectivity index (χ3n) is 3.00. The molecule has 1 rings (SSSR count). The minimum Gasteiger partial charge on any atom is -0.462 e. The predicted octanol–water partition coefficient (Wildman–Crippen LogP) is 2.11. The Morgan fingerprint density at radius 3 is 2.53 bits per heavy atom. The lowest BCUT2D eigenvalue weighted by molar-refractivity contribution is -0.146. The Balaban J connectivity index is 2.12. The van der Waals surface area contributed by atoms with E-state index in [1.54, 1.807) is 0 Å². The van der Waals surface area contributed by atoms with Crippen LogP contribution in [0.4, 0.5) is 0 Å². The molecule has 0 aromatic carbocycles. The fourth-order valence-electron chi connectivity index (χ4n) is 2.18. The first-order valence-electron chi connectivity index (χ1n) is 5.92. The molecule has 3 heteroatoms. The maximum atomic E-state index is 11.2. The maximum absolute atomic E-state index is 11.2. The molecule has 0 amide bonds. The highest BCUT2D eigenvalue weighted by molar-refractivity contribution is 5.71. The van der Waals surface area contributed by atoms with Gasteiger partial charge < -0.3 is 10.1 Å². The molecule has 0 saturated heterocycles. The van der Waals surface area contributed by atoms with Crippen LogP contribution in [-0.2, 0) is 9.53 Å². The van der Waals surface area contributed by atoms with Gasteiger partial charge in [-0.05, 0) is 32.1 Å². The van der Waals surface area contributed by atoms with Gasteiger partial charge in [-0.3, -0.25) is 4.79 Å². The molecule has 1 aliphatic carbocycles. The van der Waals surface area contributed by atoms with E-state index in [0.717, 1.165) is 6.54 Å². The van der Waals surface area contributed by atoms with E-state index in [4.69, 9.17) is 4.74 Å². The van der Waals surface area contributed by atoms with Gasteiger partial charge in [-0.1, -0.05) is 19.8 Å². The van der Waals surface area contributed by atoms with Crippen LogP contribution in [0.2, 0.25) is 0 Å². The second-order valence-electron chi connectivity index (χ2n) is 5.16. The molecule has 15 heavy (non-hydrogen) atoms. The topological polar surface area (TPSA) is 38.3 Å². The van der Waals surface area contributed by atoms with Crippen molar-refractivity contribution in [3.05, 3.63) is 0 Å². The SMILES string of the molecule is CC(C)OC(=O)CNCC1(C)CCCC1. The zero-order valence-corrected chi connectivity index (χ0v) is 10.1. The molecule has 0 bridgehead atoms. The van der Waals surface area contributed by atoms with Gasteiger partial charge in [0.15, 0.2) is 0 Å². The van der Waals surface area contributed by atoms with Gasteiger partial charge in [0.2, 0.25) is 0 Å². The van der Waals surface area contributed by atoms with Crippen LogP contribution in [0.3, 0.4) is 0 Å². The van der Waals surface area contributed by atoms with Gasteiger partial charge >= 0.3 is 5.97 Å². The lowest BCUT2D eigenvalue weighted by atomic mass is 9.89. The van der Waals surface area contributed by atoms with Gasteiger partial charge in [0, 0.05) is 6.54 Å². The van der Waals surface area contributed by atoms with E-state index in [9.17, 15) is 4.79 Å². The molecule has 1 saturated carbocycles. The van der Waals surface area contributed by atoms with E-state index in [1.807, 2.05) is 13.8 Å². The number of ether oxygens (including phenoxy) is 1. The number of carbonyl (C=O) groups is 1. The summed E-state index contributed by atoms with van der Waals surface area (Å²) in [6.07, 6.45) is 5.20. The van der Waals surface area contributed by atoms with E-state index >= 15 is 0 Å². The molecule has 1 N–H and O–H groups in total. The fraction of sp³-hybridized carbons (Fsp3) is 0.917. The van der Waals surface area contributed by atoms with Gasteiger partial charge in [0.05, 0.1) is 12.6 Å². The lowest BCUT2D eigenvalue weighted by Crippen LogP contribution is -2.34. The average Bonchev–Trinajstić information content (AvgIpc) is 2.51. The number of hydrogen-bond donors (Lipinski definition) is 1. The summed E-state index contributed by atoms with van der Waals surface area (Å²) >= 11 is 0. The number of hydrogen-bond acceptors (Lipinski definition) is 3. The summed E-state index contributed by atoms with van der Waals surface area (Å²) in [6.45, 7) is 7.31. The van der Waals surface area contributed by atoms with Crippen molar-refractivity contribution in [1.29, 1.82) is 0 Å². The van der Waals surface area contributed by atoms with Crippen LogP contribution >= 0.6 is 0 Å². The molecule has 0 heterocycles. The van der Waals surface area contributed by atoms with Crippen LogP contribution in [0.1, 0.15) is 46.5 Å². The molecule has 88 valence electrons. The monoisotopic (exact) mass is 213 g/mol. The highest BCUT2D eigenvalue weighted by Gasteiger charge is 2.28. The van der Waals surface area contributed by atoms with Crippen LogP contribution in [0.15, 0.2) is 0 Å². The predicted molar refractivity (Wildman–Crippen MR) is 60.7 cm³/mol. The van der Waals surface area contributed by atoms with Crippen molar-refractivity contribution < 1.29 is 9.53 Å². The first-order valence-corrected chi connectivity index (χ1v) is 5.92. The summed E-state index contributed by atoms with van der Waals surface area (Å²) in [4.78, 5) is 11.2. The molecule has 0 aliphatic heterocycles. The van der Waals surface area contributed by atoms with Gasteiger partial charge in [0.1, 0.15) is 0 Å². The summed E-state index contributed by atoms with van der Waals surface area (Å²) in [5, 5.41) is 3.20. The van der Waals surface area contributed by atoms with Gasteiger partial charge in [-0.15, -0.1) is 0 Å². The molecule has 0 atom stereocenters. The largest absolute Gasteiger partial charge is 0.462 e. The standard InChI is InChI=1S/C12H23NO2/c1-10(2)15-11(14)8-13-9-12(3)6-4-5-7-12/h10,13H,4-9H2,1-3H3. The third kappa shape index (κ3) is 4.65. The number of carbonyl (C=O) groups excluding carboxylic acids is 1. The van der Waals surface area contributed by atoms with Crippen molar-refractivity contribution in [3.63, 3.8) is 0 Å². The second-order valence-corrected chi connectivity index (χ2v) is 5.16. The van der Waals surface area contributed by atoms with Crippen LogP contribution in [0, 0.1) is 5.41 Å². The molecule has 1 aliphatic rings. The number of rotatable bonds is 5. The van der Waals surface area contributed by atoms with E-state index in [0.29, 0.717) is 12.0 Å². The molecule has 0 spiro atoms. The van der Waals surface area contributed by atoms with E-state index < -0.39 is 0 Å². The quantitative estimate of drug-likeness (QED) is 0.711. The Bertz CT molecular complexity index is 208. The Labute approximate surface area is 92.6 Å². The van der Waals surface area contributed by atoms with Crippen LogP contribution in [-0.4, -0.2) is 25.2 Å². The summed E-state index contributed by atoms with van der Waals surface area (Å²) in [7, 11) is 0. The molecule has 0 aromatic heterocycles. The summed E-state index contributed by atoms with van der Waals surface area (Å²) in [5.41, 5.74) is 0.401. The minimum absolute atomic E-state index is 0.0126. The first-order chi connectivity index (χ1) is 7.02. The van der Waals surface area contributed by atoms with Crippen LogP contribution in [0.5, 0.6) is 0 Å². The zero-order valence-electron chi connectivity index (χ0n) is 10.1. The van der Waals surface area contributed by atoms with Gasteiger partial charge in [0.25, 0.3) is 0 Å². The summed E-state index contributed by atoms with van der Waals surface area (Å²) in [5.74, 6) is -0.147. The van der Waals surface area contributed by atoms with Crippen molar-refractivity contribution in [2.45, 2.75) is 52.6 Å². The Morgan fingerprint density at radius 2 is 2.00 bits per heavy atom. The summed E-state index contributed by atoms with van der Waals surface area (Å²) < 4.78 is 5.05. The van der Waals surface area contributed by atoms with Crippen LogP contribution < -0.4 is 5.32 Å². The molecular formula is C12H23NO2. The fourth-order valence-corrected chi connectivity index (χ4v) is 2.18. The molecule has 0 unspecified atom stereocenters. The maximum Gasteiger partial charge on any atom is 0.320 e. The van der Waals surface area contributed by atoms with E-state index in [2.05, 4.69) is 12.2 Å². The van der Waals surface area contributed by atoms with Gasteiger partial charge in [-0.25, -0.2) is 0 Å². The van der Waals surface area contributed by atoms with Crippen molar-refractivity contribution >= 4 is 5.97 Å². The van der Waals surface area contributed by atoms with Crippen molar-refractivity contribution in [2.75, 3.05) is 13.1 Å². The molecular weight excluding hydrogens is 190 g/mol. The van der Waals surface area contributed by atoms with Crippen molar-refractivity contribution in [2.24, 2.45) is 5.41 Å². The van der Waals surface area contributed by atoms with Crippen LogP contribution in [0.25, 0.3) is 0 Å². The van der Waals surface area contributed by atoms with E-state index in [1.165, 1.54) is 25.7 Å². The molecule has 1 fully saturated rings. The minimum atomic E-state index is -0.147. The van der Waals surface area contributed by atoms with Crippen molar-refractivity contribution in [1.82, 2.24) is 5.32 Å². The first kappa shape index (κ1) is 12.5. The highest BCUT2D eigenvalue weighted by Crippen LogP contribution is 2.36. The highest BCUT2D eigenvalue weighted by atomic mass is 16.5. The lowest BCUT2D eigenvalue weighted by Gasteiger charge is -2.23. The Morgan fingerprint density at radius 1 is 1.40 bits per heavy atom. The zero-order chi connectivity index (χ0) is 11.3. The van der Waals surface area contributed by atoms with E-state index in [-0.39, 0.29) is 12.1 Å². The average molecular weight is 213 g/mol. The number of nitrogens with one attached hydrogen (secondary N) is 1. The molecule has 0 aromatic rings. The second kappa shape index (κ2) is 5.50. The summed E-state index contributed by atoms with van der Waals surface area (Å²) in [6, 6.07) is 0.